The maximum Gasteiger partial charge on any atom is 0.306 e. The van der Waals surface area contributed by atoms with E-state index in [4.69, 9.17) is 14.2 Å². The fourth-order valence-corrected chi connectivity index (χ4v) is 6.14. The van der Waals surface area contributed by atoms with Crippen molar-refractivity contribution in [3.63, 3.8) is 0 Å². The molecule has 0 aromatic rings. The normalized spacial score (nSPS) is 12.3. The molecule has 0 aliphatic heterocycles. The van der Waals surface area contributed by atoms with Gasteiger partial charge >= 0.3 is 17.9 Å². The average molecular weight is 745 g/mol. The van der Waals surface area contributed by atoms with Crippen molar-refractivity contribution in [2.45, 2.75) is 232 Å². The van der Waals surface area contributed by atoms with Crippen LogP contribution in [-0.4, -0.2) is 37.2 Å². The standard InChI is InChI=1S/C47H84O6/c1-4-7-10-13-16-19-22-23-24-26-28-31-34-37-40-46(49)52-43-44(42-51-45(48)39-36-33-30-27-21-18-15-12-9-6-3)53-47(50)41-38-35-32-29-25-20-17-14-11-8-5-2/h13-14,16-17,22-23,44H,4-12,15,18-21,24-43H2,1-3H3/b16-13-,17-14-,23-22-/t44-/m1/s1. The van der Waals surface area contributed by atoms with Gasteiger partial charge in [0.2, 0.25) is 0 Å². The van der Waals surface area contributed by atoms with Crippen LogP contribution >= 0.6 is 0 Å². The largest absolute Gasteiger partial charge is 0.462 e. The minimum Gasteiger partial charge on any atom is -0.462 e. The molecule has 0 spiro atoms. The zero-order chi connectivity index (χ0) is 38.7. The molecule has 0 fully saturated rings. The van der Waals surface area contributed by atoms with Crippen LogP contribution in [0.25, 0.3) is 0 Å². The van der Waals surface area contributed by atoms with E-state index in [1.165, 1.54) is 96.3 Å². The third-order valence-electron chi connectivity index (χ3n) is 9.62. The molecule has 1 atom stereocenters. The van der Waals surface area contributed by atoms with E-state index >= 15 is 0 Å². The number of esters is 3. The fraction of sp³-hybridized carbons (Fsp3) is 0.809. The summed E-state index contributed by atoms with van der Waals surface area (Å²) in [7, 11) is 0. The van der Waals surface area contributed by atoms with Crippen LogP contribution in [0.3, 0.4) is 0 Å². The number of carbonyl (C=O) groups is 3. The molecule has 0 N–H and O–H groups in total. The fourth-order valence-electron chi connectivity index (χ4n) is 6.14. The maximum atomic E-state index is 12.7. The van der Waals surface area contributed by atoms with Crippen LogP contribution in [0.1, 0.15) is 226 Å². The molecular formula is C47H84O6. The molecule has 0 heterocycles. The molecule has 53 heavy (non-hydrogen) atoms. The van der Waals surface area contributed by atoms with Crippen molar-refractivity contribution in [1.29, 1.82) is 0 Å². The first-order chi connectivity index (χ1) is 26.0. The number of allylic oxidation sites excluding steroid dienone is 6. The molecule has 0 rings (SSSR count). The predicted molar refractivity (Wildman–Crippen MR) is 224 cm³/mol. The van der Waals surface area contributed by atoms with E-state index in [1.54, 1.807) is 0 Å². The lowest BCUT2D eigenvalue weighted by Crippen LogP contribution is -2.30. The molecule has 0 amide bonds. The smallest absolute Gasteiger partial charge is 0.306 e. The van der Waals surface area contributed by atoms with Crippen LogP contribution in [-0.2, 0) is 28.6 Å². The molecule has 6 nitrogen and oxygen atoms in total. The Morgan fingerprint density at radius 3 is 1.11 bits per heavy atom. The molecule has 0 saturated carbocycles. The summed E-state index contributed by atoms with van der Waals surface area (Å²) in [6.45, 7) is 6.52. The van der Waals surface area contributed by atoms with Crippen molar-refractivity contribution in [2.24, 2.45) is 0 Å². The molecule has 0 bridgehead atoms. The van der Waals surface area contributed by atoms with Crippen LogP contribution in [0.2, 0.25) is 0 Å². The summed E-state index contributed by atoms with van der Waals surface area (Å²) in [6.07, 6.45) is 46.9. The lowest BCUT2D eigenvalue weighted by Gasteiger charge is -2.18. The second-order valence-electron chi connectivity index (χ2n) is 15.0. The van der Waals surface area contributed by atoms with Gasteiger partial charge in [-0.1, -0.05) is 179 Å². The van der Waals surface area contributed by atoms with E-state index < -0.39 is 6.10 Å². The van der Waals surface area contributed by atoms with Gasteiger partial charge in [0.15, 0.2) is 6.10 Å². The highest BCUT2D eigenvalue weighted by molar-refractivity contribution is 5.71. The molecule has 0 aliphatic carbocycles. The molecule has 0 aromatic heterocycles. The van der Waals surface area contributed by atoms with E-state index in [0.29, 0.717) is 19.3 Å². The molecule has 0 saturated heterocycles. The lowest BCUT2D eigenvalue weighted by atomic mass is 10.1. The van der Waals surface area contributed by atoms with Gasteiger partial charge in [0.1, 0.15) is 13.2 Å². The molecule has 6 heteroatoms. The van der Waals surface area contributed by atoms with Crippen LogP contribution in [0, 0.1) is 0 Å². The number of hydrogen-bond acceptors (Lipinski definition) is 6. The van der Waals surface area contributed by atoms with Gasteiger partial charge in [-0.25, -0.2) is 0 Å². The Labute approximate surface area is 327 Å². The van der Waals surface area contributed by atoms with Gasteiger partial charge in [-0.2, -0.15) is 0 Å². The summed E-state index contributed by atoms with van der Waals surface area (Å²) in [4.78, 5) is 37.6. The van der Waals surface area contributed by atoms with E-state index in [-0.39, 0.29) is 31.1 Å². The molecule has 308 valence electrons. The minimum absolute atomic E-state index is 0.0784. The Hall–Kier alpha value is -2.37. The van der Waals surface area contributed by atoms with Crippen LogP contribution in [0.4, 0.5) is 0 Å². The third-order valence-corrected chi connectivity index (χ3v) is 9.62. The summed E-state index contributed by atoms with van der Waals surface area (Å²) >= 11 is 0. The molecule has 0 aliphatic rings. The topological polar surface area (TPSA) is 78.9 Å². The van der Waals surface area contributed by atoms with Crippen LogP contribution < -0.4 is 0 Å². The molecule has 0 aromatic carbocycles. The Kier molecular flexibility index (Phi) is 40.5. The van der Waals surface area contributed by atoms with E-state index in [0.717, 1.165) is 89.9 Å². The quantitative estimate of drug-likeness (QED) is 0.0269. The van der Waals surface area contributed by atoms with Crippen molar-refractivity contribution in [3.8, 4) is 0 Å². The molecule has 0 radical (unpaired) electrons. The SMILES string of the molecule is CCCC/C=C\C/C=C\CCCCCCCC(=O)OC[C@@H](COC(=O)CCCCCCCCCCCC)OC(=O)CCCCCCC/C=C\CCCC. The summed E-state index contributed by atoms with van der Waals surface area (Å²) in [5.41, 5.74) is 0. The van der Waals surface area contributed by atoms with Gasteiger partial charge in [-0.15, -0.1) is 0 Å². The Balaban J connectivity index is 4.38. The molecule has 0 unspecified atom stereocenters. The zero-order valence-corrected chi connectivity index (χ0v) is 35.0. The predicted octanol–water partition coefficient (Wildman–Crippen LogP) is 14.2. The highest BCUT2D eigenvalue weighted by Crippen LogP contribution is 2.14. The maximum absolute atomic E-state index is 12.7. The number of ether oxygens (including phenoxy) is 3. The van der Waals surface area contributed by atoms with Gasteiger partial charge in [-0.05, 0) is 64.2 Å². The number of carbonyl (C=O) groups excluding carboxylic acids is 3. The summed E-state index contributed by atoms with van der Waals surface area (Å²) in [5, 5.41) is 0. The second kappa shape index (κ2) is 42.4. The van der Waals surface area contributed by atoms with E-state index in [2.05, 4.69) is 57.2 Å². The van der Waals surface area contributed by atoms with E-state index in [9.17, 15) is 14.4 Å². The van der Waals surface area contributed by atoms with Crippen molar-refractivity contribution in [2.75, 3.05) is 13.2 Å². The lowest BCUT2D eigenvalue weighted by molar-refractivity contribution is -0.167. The van der Waals surface area contributed by atoms with Crippen molar-refractivity contribution >= 4 is 17.9 Å². The summed E-state index contributed by atoms with van der Waals surface area (Å²) in [6, 6.07) is 0. The van der Waals surface area contributed by atoms with Crippen molar-refractivity contribution in [3.05, 3.63) is 36.5 Å². The third kappa shape index (κ3) is 40.6. The first kappa shape index (κ1) is 50.6. The number of unbranched alkanes of at least 4 members (excludes halogenated alkanes) is 23. The average Bonchev–Trinajstić information content (AvgIpc) is 3.15. The summed E-state index contributed by atoms with van der Waals surface area (Å²) < 4.78 is 16.7. The first-order valence-electron chi connectivity index (χ1n) is 22.5. The second-order valence-corrected chi connectivity index (χ2v) is 15.0. The van der Waals surface area contributed by atoms with Gasteiger partial charge in [0.25, 0.3) is 0 Å². The van der Waals surface area contributed by atoms with Gasteiger partial charge in [-0.3, -0.25) is 14.4 Å². The van der Waals surface area contributed by atoms with Crippen LogP contribution in [0.15, 0.2) is 36.5 Å². The van der Waals surface area contributed by atoms with Gasteiger partial charge in [0.05, 0.1) is 0 Å². The van der Waals surface area contributed by atoms with Crippen LogP contribution in [0.5, 0.6) is 0 Å². The van der Waals surface area contributed by atoms with E-state index in [1.807, 2.05) is 0 Å². The monoisotopic (exact) mass is 745 g/mol. The first-order valence-corrected chi connectivity index (χ1v) is 22.5. The Bertz CT molecular complexity index is 907. The highest BCUT2D eigenvalue weighted by atomic mass is 16.6. The Morgan fingerprint density at radius 1 is 0.377 bits per heavy atom. The van der Waals surface area contributed by atoms with Crippen molar-refractivity contribution in [1.82, 2.24) is 0 Å². The Morgan fingerprint density at radius 2 is 0.698 bits per heavy atom. The van der Waals surface area contributed by atoms with Gasteiger partial charge < -0.3 is 14.2 Å². The van der Waals surface area contributed by atoms with Crippen molar-refractivity contribution < 1.29 is 28.6 Å². The van der Waals surface area contributed by atoms with Gasteiger partial charge in [0, 0.05) is 19.3 Å². The summed E-state index contributed by atoms with van der Waals surface area (Å²) in [5.74, 6) is -0.904. The minimum atomic E-state index is -0.775. The molecular weight excluding hydrogens is 661 g/mol. The number of rotatable bonds is 40. The number of hydrogen-bond donors (Lipinski definition) is 0. The highest BCUT2D eigenvalue weighted by Gasteiger charge is 2.19. The zero-order valence-electron chi connectivity index (χ0n) is 35.0.